The third kappa shape index (κ3) is 6.90. The highest BCUT2D eigenvalue weighted by Crippen LogP contribution is 2.47. The molecule has 0 spiro atoms. The molecule has 0 saturated heterocycles. The third-order valence-electron chi connectivity index (χ3n) is 8.01. The van der Waals surface area contributed by atoms with Gasteiger partial charge in [0.1, 0.15) is 10.7 Å². The number of amides is 2. The standard InChI is InChI=1S/C28H33F5N6O2S/c1-14(2)24-23(25(34)41)38-26(42-24)21(15-5-8-27(29,30)9-6-15)18-13-39-19(36-18)11-17(12-35-39)22(16-3-4-16)37-20(40)7-10-28(31,32)33/h11-16,21-22H,3-10H2,1-2H3,(H2,34,41)(H,37,40)/t21-,22+/m0/s1. The lowest BCUT2D eigenvalue weighted by molar-refractivity contribution is -0.144. The Morgan fingerprint density at radius 3 is 2.40 bits per heavy atom. The summed E-state index contributed by atoms with van der Waals surface area (Å²) in [6.07, 6.45) is -1.36. The minimum atomic E-state index is -4.42. The average molecular weight is 613 g/mol. The van der Waals surface area contributed by atoms with E-state index in [1.54, 1.807) is 23.0 Å². The van der Waals surface area contributed by atoms with Gasteiger partial charge in [-0.1, -0.05) is 13.8 Å². The number of alkyl halides is 5. The van der Waals surface area contributed by atoms with Crippen molar-refractivity contribution in [3.63, 3.8) is 0 Å². The van der Waals surface area contributed by atoms with Gasteiger partial charge in [0.05, 0.1) is 36.5 Å². The maximum atomic E-state index is 14.1. The van der Waals surface area contributed by atoms with E-state index in [1.165, 1.54) is 11.3 Å². The van der Waals surface area contributed by atoms with Crippen molar-refractivity contribution in [3.8, 4) is 0 Å². The molecule has 5 rings (SSSR count). The Bertz CT molecular complexity index is 1450. The van der Waals surface area contributed by atoms with Crippen LogP contribution in [0.3, 0.4) is 0 Å². The molecule has 2 atom stereocenters. The third-order valence-corrected chi connectivity index (χ3v) is 9.45. The first-order valence-electron chi connectivity index (χ1n) is 14.1. The average Bonchev–Trinajstić information content (AvgIpc) is 3.50. The molecule has 2 amide bonds. The SMILES string of the molecule is CC(C)c1sc([C@H](c2cn3ncc([C@H](NC(=O)CCC(F)(F)F)C4CC4)cc3n2)C2CCC(F)(F)CC2)nc1C(N)=O. The number of hydrogen-bond donors (Lipinski definition) is 2. The van der Waals surface area contributed by atoms with Crippen LogP contribution in [-0.4, -0.2) is 43.5 Å². The summed E-state index contributed by atoms with van der Waals surface area (Å²) in [5, 5.41) is 7.78. The Morgan fingerprint density at radius 1 is 1.14 bits per heavy atom. The van der Waals surface area contributed by atoms with Crippen LogP contribution in [0.4, 0.5) is 22.0 Å². The molecule has 2 aliphatic rings. The number of hydrogen-bond acceptors (Lipinski definition) is 6. The molecule has 3 aromatic rings. The maximum Gasteiger partial charge on any atom is 0.389 e. The number of nitrogens with one attached hydrogen (secondary N) is 1. The molecule has 2 fully saturated rings. The second-order valence-corrected chi connectivity index (χ2v) is 12.8. The molecule has 2 saturated carbocycles. The van der Waals surface area contributed by atoms with Crippen LogP contribution < -0.4 is 11.1 Å². The van der Waals surface area contributed by atoms with E-state index in [-0.39, 0.29) is 49.1 Å². The Hall–Kier alpha value is -3.16. The summed E-state index contributed by atoms with van der Waals surface area (Å²) in [6.45, 7) is 3.85. The molecule has 0 aliphatic heterocycles. The summed E-state index contributed by atoms with van der Waals surface area (Å²) in [4.78, 5) is 34.6. The van der Waals surface area contributed by atoms with Gasteiger partial charge in [0, 0.05) is 24.1 Å². The predicted octanol–water partition coefficient (Wildman–Crippen LogP) is 6.28. The summed E-state index contributed by atoms with van der Waals surface area (Å²) < 4.78 is 67.6. The van der Waals surface area contributed by atoms with Gasteiger partial charge in [0.2, 0.25) is 11.8 Å². The van der Waals surface area contributed by atoms with E-state index in [2.05, 4.69) is 15.4 Å². The molecule has 0 radical (unpaired) electrons. The number of thiazole rings is 1. The van der Waals surface area contributed by atoms with Crippen LogP contribution in [0.25, 0.3) is 5.65 Å². The Morgan fingerprint density at radius 2 is 1.83 bits per heavy atom. The van der Waals surface area contributed by atoms with E-state index in [1.807, 2.05) is 13.8 Å². The molecule has 3 N–H and O–H groups in total. The van der Waals surface area contributed by atoms with Crippen molar-refractivity contribution in [2.45, 2.75) is 95.2 Å². The number of carbonyl (C=O) groups excluding carboxylic acids is 2. The van der Waals surface area contributed by atoms with E-state index < -0.39 is 48.7 Å². The first kappa shape index (κ1) is 30.3. The molecule has 0 bridgehead atoms. The number of imidazole rings is 1. The van der Waals surface area contributed by atoms with Crippen molar-refractivity contribution in [2.75, 3.05) is 0 Å². The van der Waals surface area contributed by atoms with Crippen LogP contribution in [-0.2, 0) is 4.79 Å². The number of nitrogens with two attached hydrogens (primary N) is 1. The highest BCUT2D eigenvalue weighted by molar-refractivity contribution is 7.12. The van der Waals surface area contributed by atoms with Crippen molar-refractivity contribution in [3.05, 3.63) is 45.3 Å². The molecule has 228 valence electrons. The summed E-state index contributed by atoms with van der Waals surface area (Å²) in [5.41, 5.74) is 7.43. The fourth-order valence-corrected chi connectivity index (χ4v) is 6.93. The molecule has 2 aliphatic carbocycles. The van der Waals surface area contributed by atoms with Crippen LogP contribution in [0.15, 0.2) is 18.5 Å². The van der Waals surface area contributed by atoms with Gasteiger partial charge in [0.25, 0.3) is 5.91 Å². The first-order valence-corrected chi connectivity index (χ1v) is 14.9. The molecular weight excluding hydrogens is 579 g/mol. The smallest absolute Gasteiger partial charge is 0.364 e. The zero-order chi connectivity index (χ0) is 30.4. The minimum absolute atomic E-state index is 0.0221. The van der Waals surface area contributed by atoms with Crippen LogP contribution in [0, 0.1) is 11.8 Å². The number of nitrogens with zero attached hydrogens (tertiary/aromatic N) is 4. The molecule has 3 heterocycles. The van der Waals surface area contributed by atoms with E-state index in [4.69, 9.17) is 10.7 Å². The van der Waals surface area contributed by atoms with Crippen LogP contribution >= 0.6 is 11.3 Å². The second kappa shape index (κ2) is 11.5. The molecule has 0 unspecified atom stereocenters. The maximum absolute atomic E-state index is 14.1. The highest BCUT2D eigenvalue weighted by Gasteiger charge is 2.41. The molecule has 42 heavy (non-hydrogen) atoms. The zero-order valence-corrected chi connectivity index (χ0v) is 24.1. The molecular formula is C28H33F5N6O2S. The minimum Gasteiger partial charge on any atom is -0.364 e. The molecule has 0 aromatic carbocycles. The molecule has 8 nitrogen and oxygen atoms in total. The van der Waals surface area contributed by atoms with Crippen LogP contribution in [0.5, 0.6) is 0 Å². The van der Waals surface area contributed by atoms with E-state index in [0.717, 1.165) is 17.7 Å². The quantitative estimate of drug-likeness (QED) is 0.262. The first-order chi connectivity index (χ1) is 19.7. The second-order valence-electron chi connectivity index (χ2n) is 11.7. The molecule has 3 aromatic heterocycles. The summed E-state index contributed by atoms with van der Waals surface area (Å²) >= 11 is 1.34. The monoisotopic (exact) mass is 612 g/mol. The fraction of sp³-hybridized carbons (Fsp3) is 0.607. The number of aromatic nitrogens is 4. The van der Waals surface area contributed by atoms with Crippen molar-refractivity contribution >= 4 is 28.8 Å². The number of fused-ring (bicyclic) bond motifs is 1. The normalized spacial score (nSPS) is 19.2. The van der Waals surface area contributed by atoms with Gasteiger partial charge in [-0.25, -0.2) is 23.3 Å². The Balaban J connectivity index is 1.48. The Kier molecular flexibility index (Phi) is 8.29. The predicted molar refractivity (Wildman–Crippen MR) is 145 cm³/mol. The van der Waals surface area contributed by atoms with Crippen molar-refractivity contribution in [2.24, 2.45) is 17.6 Å². The summed E-state index contributed by atoms with van der Waals surface area (Å²) in [6, 6.07) is 1.25. The Labute approximate surface area is 243 Å². The van der Waals surface area contributed by atoms with Gasteiger partial charge in [0.15, 0.2) is 5.65 Å². The van der Waals surface area contributed by atoms with Gasteiger partial charge < -0.3 is 11.1 Å². The van der Waals surface area contributed by atoms with Gasteiger partial charge >= 0.3 is 6.18 Å². The van der Waals surface area contributed by atoms with Crippen molar-refractivity contribution < 1.29 is 31.5 Å². The lowest BCUT2D eigenvalue weighted by Gasteiger charge is -2.32. The van der Waals surface area contributed by atoms with Gasteiger partial charge in [-0.2, -0.15) is 18.3 Å². The lowest BCUT2D eigenvalue weighted by Crippen LogP contribution is -2.30. The van der Waals surface area contributed by atoms with Crippen molar-refractivity contribution in [1.82, 2.24) is 24.9 Å². The number of rotatable bonds is 10. The molecule has 14 heteroatoms. The van der Waals surface area contributed by atoms with Gasteiger partial charge in [-0.3, -0.25) is 9.59 Å². The van der Waals surface area contributed by atoms with Crippen LogP contribution in [0.1, 0.15) is 115 Å². The number of primary amides is 1. The summed E-state index contributed by atoms with van der Waals surface area (Å²) in [7, 11) is 0. The largest absolute Gasteiger partial charge is 0.389 e. The van der Waals surface area contributed by atoms with Crippen molar-refractivity contribution in [1.29, 1.82) is 0 Å². The topological polar surface area (TPSA) is 115 Å². The van der Waals surface area contributed by atoms with E-state index in [0.29, 0.717) is 21.9 Å². The number of carbonyl (C=O) groups is 2. The number of halogens is 5. The zero-order valence-electron chi connectivity index (χ0n) is 23.3. The highest BCUT2D eigenvalue weighted by atomic mass is 32.1. The fourth-order valence-electron chi connectivity index (χ4n) is 5.65. The van der Waals surface area contributed by atoms with Gasteiger partial charge in [-0.05, 0) is 55.1 Å². The van der Waals surface area contributed by atoms with Crippen LogP contribution in [0.2, 0.25) is 0 Å². The lowest BCUT2D eigenvalue weighted by atomic mass is 9.77. The summed E-state index contributed by atoms with van der Waals surface area (Å²) in [5.74, 6) is -4.67. The van der Waals surface area contributed by atoms with E-state index >= 15 is 0 Å². The van der Waals surface area contributed by atoms with E-state index in [9.17, 15) is 31.5 Å². The van der Waals surface area contributed by atoms with Gasteiger partial charge in [-0.15, -0.1) is 11.3 Å².